The van der Waals surface area contributed by atoms with Gasteiger partial charge in [-0.05, 0) is 101 Å². The predicted molar refractivity (Wildman–Crippen MR) is 228 cm³/mol. The molecule has 0 saturated heterocycles. The van der Waals surface area contributed by atoms with Gasteiger partial charge < -0.3 is 34.0 Å². The molecule has 1 amide bonds. The number of alkyl halides is 1. The number of carbonyl (C=O) groups excluding carboxylic acids is 1. The second kappa shape index (κ2) is 21.7. The number of allylic oxidation sites excluding steroid dienone is 1. The number of ether oxygens (including phenoxy) is 4. The zero-order valence-electron chi connectivity index (χ0n) is 34.2. The first-order chi connectivity index (χ1) is 27.6. The van der Waals surface area contributed by atoms with E-state index in [0.717, 1.165) is 54.0 Å². The highest BCUT2D eigenvalue weighted by Gasteiger charge is 2.65. The molecule has 5 rings (SSSR count). The molecular formula is C45H63ClN2O8S. The summed E-state index contributed by atoms with van der Waals surface area (Å²) in [6, 6.07) is 15.7. The molecular weight excluding hydrogens is 764 g/mol. The summed E-state index contributed by atoms with van der Waals surface area (Å²) in [5, 5.41) is 24.6. The molecule has 57 heavy (non-hydrogen) atoms. The van der Waals surface area contributed by atoms with E-state index in [1.165, 1.54) is 4.90 Å². The topological polar surface area (TPSA) is 119 Å². The van der Waals surface area contributed by atoms with Gasteiger partial charge in [0.2, 0.25) is 5.79 Å². The molecule has 2 aliphatic carbocycles. The lowest BCUT2D eigenvalue weighted by Crippen LogP contribution is -2.70. The maximum atomic E-state index is 14.1. The van der Waals surface area contributed by atoms with Crippen molar-refractivity contribution in [3.05, 3.63) is 78.4 Å². The molecule has 12 heteroatoms. The van der Waals surface area contributed by atoms with E-state index in [9.17, 15) is 15.0 Å². The van der Waals surface area contributed by atoms with Crippen LogP contribution in [0.15, 0.2) is 82.9 Å². The second-order valence-electron chi connectivity index (χ2n) is 16.0. The fraction of sp³-hybridized carbons (Fsp3) is 0.600. The smallest absolute Gasteiger partial charge is 0.410 e. The average Bonchev–Trinajstić information content (AvgIpc) is 3.20. The van der Waals surface area contributed by atoms with E-state index in [4.69, 9.17) is 40.5 Å². The molecule has 3 aliphatic rings. The van der Waals surface area contributed by atoms with Gasteiger partial charge in [0.15, 0.2) is 0 Å². The van der Waals surface area contributed by atoms with Gasteiger partial charge in [0, 0.05) is 48.3 Å². The standard InChI is InChI=1S/C45H63ClN2O8S/c1-6-22-48(43(51)53-26-21-46)40-31-38(47-56-44(3,4)5)36-29-32(15-11-13-23-49)35(18-12-14-24-50)41-37-30-33(52-27-28-57-34-16-9-8-10-17-34)19-20-39(37)55-45(40,42(36)41)54-25-7-2/h7-10,16-17,19-20,29-30,32,35,40-42,49-50H,2,6,11-15,18,21-28,31H2,1,3-5H3/t32-,35+,40-,41+,42+,45+/m0/s1. The van der Waals surface area contributed by atoms with Gasteiger partial charge in [-0.3, -0.25) is 4.90 Å². The molecule has 0 radical (unpaired) electrons. The van der Waals surface area contributed by atoms with Gasteiger partial charge in [-0.15, -0.1) is 29.9 Å². The average molecular weight is 828 g/mol. The van der Waals surface area contributed by atoms with E-state index in [2.05, 4.69) is 30.9 Å². The molecule has 2 aromatic carbocycles. The quantitative estimate of drug-likeness (QED) is 0.0394. The third kappa shape index (κ3) is 11.3. The molecule has 0 aromatic heterocycles. The molecule has 314 valence electrons. The van der Waals surface area contributed by atoms with E-state index < -0.39 is 29.4 Å². The van der Waals surface area contributed by atoms with Gasteiger partial charge >= 0.3 is 6.09 Å². The van der Waals surface area contributed by atoms with Crippen molar-refractivity contribution < 1.29 is 38.8 Å². The van der Waals surface area contributed by atoms with Crippen LogP contribution in [0.25, 0.3) is 0 Å². The maximum Gasteiger partial charge on any atom is 0.410 e. The molecule has 0 bridgehead atoms. The number of nitrogens with zero attached hydrogens (tertiary/aromatic N) is 2. The minimum atomic E-state index is -1.35. The lowest BCUT2D eigenvalue weighted by molar-refractivity contribution is -0.255. The fourth-order valence-electron chi connectivity index (χ4n) is 8.59. The highest BCUT2D eigenvalue weighted by Crippen LogP contribution is 2.62. The lowest BCUT2D eigenvalue weighted by atomic mass is 9.55. The lowest BCUT2D eigenvalue weighted by Gasteiger charge is -2.60. The van der Waals surface area contributed by atoms with Crippen LogP contribution in [0.5, 0.6) is 11.5 Å². The number of unbranched alkanes of at least 4 members (excludes halogenated alkanes) is 2. The first kappa shape index (κ1) is 44.9. The van der Waals surface area contributed by atoms with E-state index in [1.54, 1.807) is 22.7 Å². The number of oxime groups is 1. The number of halogens is 1. The van der Waals surface area contributed by atoms with Crippen LogP contribution in [0.4, 0.5) is 4.79 Å². The number of hydrogen-bond acceptors (Lipinski definition) is 10. The number of fused-ring (bicyclic) bond motifs is 2. The molecule has 6 atom stereocenters. The van der Waals surface area contributed by atoms with Crippen molar-refractivity contribution in [3.63, 3.8) is 0 Å². The summed E-state index contributed by atoms with van der Waals surface area (Å²) in [4.78, 5) is 23.2. The molecule has 0 unspecified atom stereocenters. The molecule has 1 heterocycles. The van der Waals surface area contributed by atoms with Gasteiger partial charge in [0.1, 0.15) is 29.7 Å². The molecule has 10 nitrogen and oxygen atoms in total. The van der Waals surface area contributed by atoms with E-state index in [-0.39, 0.29) is 50.1 Å². The van der Waals surface area contributed by atoms with Crippen molar-refractivity contribution in [2.24, 2.45) is 22.9 Å². The highest BCUT2D eigenvalue weighted by molar-refractivity contribution is 7.99. The summed E-state index contributed by atoms with van der Waals surface area (Å²) in [6.45, 7) is 13.3. The van der Waals surface area contributed by atoms with E-state index >= 15 is 0 Å². The van der Waals surface area contributed by atoms with Gasteiger partial charge in [-0.1, -0.05) is 55.3 Å². The molecule has 2 N–H and O–H groups in total. The summed E-state index contributed by atoms with van der Waals surface area (Å²) in [7, 11) is 0. The van der Waals surface area contributed by atoms with Crippen LogP contribution in [0, 0.1) is 17.8 Å². The Labute approximate surface area is 348 Å². The van der Waals surface area contributed by atoms with Crippen LogP contribution in [0.2, 0.25) is 0 Å². The van der Waals surface area contributed by atoms with Gasteiger partial charge in [0.05, 0.1) is 30.7 Å². The van der Waals surface area contributed by atoms with Gasteiger partial charge in [0.25, 0.3) is 0 Å². The molecule has 2 aromatic rings. The van der Waals surface area contributed by atoms with Crippen molar-refractivity contribution >= 4 is 35.2 Å². The summed E-state index contributed by atoms with van der Waals surface area (Å²) < 4.78 is 26.4. The Morgan fingerprint density at radius 3 is 2.53 bits per heavy atom. The number of carbonyl (C=O) groups is 1. The number of aliphatic hydroxyl groups is 2. The van der Waals surface area contributed by atoms with Crippen LogP contribution in [-0.2, 0) is 14.3 Å². The second-order valence-corrected chi connectivity index (χ2v) is 17.5. The first-order valence-corrected chi connectivity index (χ1v) is 22.2. The minimum absolute atomic E-state index is 0.0674. The third-order valence-electron chi connectivity index (χ3n) is 10.8. The summed E-state index contributed by atoms with van der Waals surface area (Å²) in [6.07, 6.45) is 9.32. The van der Waals surface area contributed by atoms with E-state index in [0.29, 0.717) is 44.6 Å². The normalized spacial score (nSPS) is 24.4. The van der Waals surface area contributed by atoms with Crippen molar-refractivity contribution in [2.75, 3.05) is 51.2 Å². The Morgan fingerprint density at radius 2 is 1.84 bits per heavy atom. The van der Waals surface area contributed by atoms with Gasteiger partial charge in [-0.2, -0.15) is 0 Å². The summed E-state index contributed by atoms with van der Waals surface area (Å²) in [5.74, 6) is 0.698. The van der Waals surface area contributed by atoms with Crippen LogP contribution < -0.4 is 9.47 Å². The Bertz CT molecular complexity index is 1650. The van der Waals surface area contributed by atoms with Crippen LogP contribution in [0.3, 0.4) is 0 Å². The van der Waals surface area contributed by atoms with Crippen LogP contribution >= 0.6 is 23.4 Å². The number of benzene rings is 2. The van der Waals surface area contributed by atoms with E-state index in [1.807, 2.05) is 58.0 Å². The fourth-order valence-corrected chi connectivity index (χ4v) is 9.42. The third-order valence-corrected chi connectivity index (χ3v) is 11.9. The number of rotatable bonds is 22. The number of hydrogen-bond donors (Lipinski definition) is 2. The van der Waals surface area contributed by atoms with Crippen LogP contribution in [0.1, 0.15) is 90.5 Å². The number of amides is 1. The van der Waals surface area contributed by atoms with Crippen molar-refractivity contribution in [3.8, 4) is 11.5 Å². The van der Waals surface area contributed by atoms with Crippen molar-refractivity contribution in [1.82, 2.24) is 4.90 Å². The Kier molecular flexibility index (Phi) is 17.1. The summed E-state index contributed by atoms with van der Waals surface area (Å²) >= 11 is 7.77. The van der Waals surface area contributed by atoms with Crippen molar-refractivity contribution in [2.45, 2.75) is 107 Å². The van der Waals surface area contributed by atoms with Gasteiger partial charge in [-0.25, -0.2) is 4.79 Å². The maximum absolute atomic E-state index is 14.1. The Balaban J connectivity index is 1.70. The highest BCUT2D eigenvalue weighted by atomic mass is 35.5. The van der Waals surface area contributed by atoms with Crippen LogP contribution in [-0.4, -0.2) is 95.6 Å². The number of aliphatic hydroxyl groups excluding tert-OH is 2. The molecule has 0 spiro atoms. The SMILES string of the molecule is C=CCO[C@@]12Oc3ccc(OCCSc4ccccc4)cc3[C@H]3[C@H](CCCCO)[C@@H](CCCCO)C=C(C(=NOC(C)(C)C)C[C@@H]1N(CCC)C(=O)OCCCl)[C@H]32. The summed E-state index contributed by atoms with van der Waals surface area (Å²) in [5.41, 5.74) is 2.17. The first-order valence-electron chi connectivity index (χ1n) is 20.7. The Hall–Kier alpha value is -3.22. The number of thioether (sulfide) groups is 1. The zero-order chi connectivity index (χ0) is 40.8. The Morgan fingerprint density at radius 1 is 1.09 bits per heavy atom. The van der Waals surface area contributed by atoms with Crippen molar-refractivity contribution in [1.29, 1.82) is 0 Å². The minimum Gasteiger partial charge on any atom is -0.493 e. The molecule has 1 aliphatic heterocycles. The zero-order valence-corrected chi connectivity index (χ0v) is 35.8. The molecule has 1 saturated carbocycles. The predicted octanol–water partition coefficient (Wildman–Crippen LogP) is 9.38. The molecule has 1 fully saturated rings. The largest absolute Gasteiger partial charge is 0.493 e. The monoisotopic (exact) mass is 826 g/mol.